The van der Waals surface area contributed by atoms with Crippen molar-refractivity contribution >= 4 is 11.8 Å². The first kappa shape index (κ1) is 26.4. The van der Waals surface area contributed by atoms with Crippen molar-refractivity contribution in [3.63, 3.8) is 0 Å². The molecule has 7 heteroatoms. The number of piperazine rings is 1. The fourth-order valence-electron chi connectivity index (χ4n) is 4.68. The highest BCUT2D eigenvalue weighted by molar-refractivity contribution is 5.97. The maximum Gasteiger partial charge on any atom is 0.251 e. The average molecular weight is 482 g/mol. The Balaban J connectivity index is 1.90. The van der Waals surface area contributed by atoms with Crippen molar-refractivity contribution in [3.8, 4) is 5.75 Å². The van der Waals surface area contributed by atoms with E-state index in [9.17, 15) is 14.0 Å². The molecule has 1 heterocycles. The molecule has 1 saturated heterocycles. The first-order valence-corrected chi connectivity index (χ1v) is 12.1. The molecule has 0 aliphatic carbocycles. The smallest absolute Gasteiger partial charge is 0.251 e. The van der Waals surface area contributed by atoms with Gasteiger partial charge in [-0.3, -0.25) is 14.5 Å². The van der Waals surface area contributed by atoms with E-state index in [1.165, 1.54) is 12.1 Å². The van der Waals surface area contributed by atoms with E-state index in [1.807, 2.05) is 43.9 Å². The van der Waals surface area contributed by atoms with E-state index in [2.05, 4.69) is 16.8 Å². The lowest BCUT2D eigenvalue weighted by atomic mass is 9.98. The number of hydrogen-bond donors (Lipinski definition) is 1. The summed E-state index contributed by atoms with van der Waals surface area (Å²) in [6, 6.07) is 9.00. The molecule has 6 nitrogen and oxygen atoms in total. The zero-order valence-corrected chi connectivity index (χ0v) is 21.4. The second kappa shape index (κ2) is 11.5. The third-order valence-corrected chi connectivity index (χ3v) is 6.67. The molecule has 35 heavy (non-hydrogen) atoms. The molecule has 0 bridgehead atoms. The van der Waals surface area contributed by atoms with E-state index < -0.39 is 6.10 Å². The Morgan fingerprint density at radius 1 is 1.23 bits per heavy atom. The van der Waals surface area contributed by atoms with Crippen molar-refractivity contribution in [2.45, 2.75) is 46.3 Å². The van der Waals surface area contributed by atoms with Crippen molar-refractivity contribution in [3.05, 3.63) is 76.6 Å². The van der Waals surface area contributed by atoms with Crippen LogP contribution in [0.3, 0.4) is 0 Å². The lowest BCUT2D eigenvalue weighted by Gasteiger charge is -2.40. The number of halogens is 1. The van der Waals surface area contributed by atoms with Crippen LogP contribution in [0.15, 0.2) is 43.0 Å². The molecule has 0 spiro atoms. The third-order valence-electron chi connectivity index (χ3n) is 6.67. The maximum atomic E-state index is 14.5. The Morgan fingerprint density at radius 3 is 2.57 bits per heavy atom. The van der Waals surface area contributed by atoms with E-state index >= 15 is 0 Å². The fourth-order valence-corrected chi connectivity index (χ4v) is 4.68. The van der Waals surface area contributed by atoms with Crippen LogP contribution < -0.4 is 10.1 Å². The number of carbonyl (C=O) groups excluding carboxylic acids is 2. The highest BCUT2D eigenvalue weighted by atomic mass is 19.1. The summed E-state index contributed by atoms with van der Waals surface area (Å²) in [6.07, 6.45) is 1.61. The third kappa shape index (κ3) is 6.09. The molecule has 3 rings (SSSR count). The van der Waals surface area contributed by atoms with Crippen LogP contribution in [0.5, 0.6) is 5.75 Å². The Hall–Kier alpha value is -3.19. The van der Waals surface area contributed by atoms with Crippen LogP contribution in [0.1, 0.15) is 52.6 Å². The van der Waals surface area contributed by atoms with Crippen LogP contribution in [0.25, 0.3) is 0 Å². The maximum absolute atomic E-state index is 14.5. The van der Waals surface area contributed by atoms with Crippen LogP contribution in [0.4, 0.5) is 4.39 Å². The molecule has 188 valence electrons. The van der Waals surface area contributed by atoms with Crippen LogP contribution in [0, 0.1) is 19.7 Å². The van der Waals surface area contributed by atoms with Gasteiger partial charge in [-0.05, 0) is 73.7 Å². The summed E-state index contributed by atoms with van der Waals surface area (Å²) in [7, 11) is 1.62. The Labute approximate surface area is 207 Å². The minimum absolute atomic E-state index is 0.0328. The highest BCUT2D eigenvalue weighted by Crippen LogP contribution is 2.29. The van der Waals surface area contributed by atoms with Gasteiger partial charge in [0.05, 0.1) is 0 Å². The lowest BCUT2D eigenvalue weighted by Crippen LogP contribution is -2.54. The number of carbonyl (C=O) groups is 2. The molecule has 2 aromatic rings. The van der Waals surface area contributed by atoms with Crippen molar-refractivity contribution in [2.75, 3.05) is 33.2 Å². The minimum Gasteiger partial charge on any atom is -0.484 e. The number of hydrogen-bond acceptors (Lipinski definition) is 4. The first-order chi connectivity index (χ1) is 16.7. The van der Waals surface area contributed by atoms with Crippen LogP contribution in [-0.2, 0) is 11.2 Å². The summed E-state index contributed by atoms with van der Waals surface area (Å²) >= 11 is 0. The highest BCUT2D eigenvalue weighted by Gasteiger charge is 2.29. The van der Waals surface area contributed by atoms with Gasteiger partial charge in [0.2, 0.25) is 5.91 Å². The largest absolute Gasteiger partial charge is 0.484 e. The average Bonchev–Trinajstić information content (AvgIpc) is 2.84. The molecule has 0 saturated carbocycles. The molecule has 1 N–H and O–H groups in total. The van der Waals surface area contributed by atoms with Crippen molar-refractivity contribution < 1.29 is 18.7 Å². The molecule has 0 aromatic heterocycles. The molecule has 2 atom stereocenters. The molecular formula is C28H36FN3O3. The second-order valence-corrected chi connectivity index (χ2v) is 9.17. The van der Waals surface area contributed by atoms with E-state index in [4.69, 9.17) is 4.74 Å². The molecule has 2 aromatic carbocycles. The standard InChI is InChI=1S/C28H36FN3O3/c1-7-21-14-23(13-19(4)27(21)28(34)30-6)35-25(22-10-9-18(3)24(29)15-22)17-31-11-12-32(20(5)16-31)26(33)8-2/h8-10,13-15,20,25H,2,7,11-12,16-17H2,1,3-6H3,(H,30,34)/t20-,25+/m1/s1. The van der Waals surface area contributed by atoms with Gasteiger partial charge in [0, 0.05) is 44.8 Å². The van der Waals surface area contributed by atoms with Crippen molar-refractivity contribution in [1.82, 2.24) is 15.1 Å². The normalized spacial score (nSPS) is 17.1. The SMILES string of the molecule is C=CC(=O)N1CCN(C[C@H](Oc2cc(C)c(C(=O)NC)c(CC)c2)c2ccc(C)c(F)c2)C[C@H]1C. The van der Waals surface area contributed by atoms with Gasteiger partial charge in [0.25, 0.3) is 5.91 Å². The number of ether oxygens (including phenoxy) is 1. The molecule has 1 fully saturated rings. The molecule has 2 amide bonds. The number of rotatable bonds is 8. The Bertz CT molecular complexity index is 1100. The number of benzene rings is 2. The summed E-state index contributed by atoms with van der Waals surface area (Å²) in [6.45, 7) is 13.8. The zero-order chi connectivity index (χ0) is 25.7. The Morgan fingerprint density at radius 2 is 1.97 bits per heavy atom. The fraction of sp³-hybridized carbons (Fsp3) is 0.429. The molecule has 0 radical (unpaired) electrons. The van der Waals surface area contributed by atoms with Crippen molar-refractivity contribution in [2.24, 2.45) is 0 Å². The summed E-state index contributed by atoms with van der Waals surface area (Å²) in [5, 5.41) is 2.71. The van der Waals surface area contributed by atoms with E-state index in [-0.39, 0.29) is 23.7 Å². The number of aryl methyl sites for hydroxylation is 3. The van der Waals surface area contributed by atoms with Gasteiger partial charge in [-0.15, -0.1) is 0 Å². The number of nitrogens with zero attached hydrogens (tertiary/aromatic N) is 2. The van der Waals surface area contributed by atoms with Crippen molar-refractivity contribution in [1.29, 1.82) is 0 Å². The molecule has 1 aliphatic rings. The van der Waals surface area contributed by atoms with E-state index in [0.717, 1.165) is 16.7 Å². The van der Waals surface area contributed by atoms with Gasteiger partial charge in [-0.25, -0.2) is 4.39 Å². The van der Waals surface area contributed by atoms with Crippen LogP contribution in [0.2, 0.25) is 0 Å². The number of amides is 2. The lowest BCUT2D eigenvalue weighted by molar-refractivity contribution is -0.130. The first-order valence-electron chi connectivity index (χ1n) is 12.1. The minimum atomic E-state index is -0.422. The molecule has 1 aliphatic heterocycles. The number of nitrogens with one attached hydrogen (secondary N) is 1. The summed E-state index contributed by atoms with van der Waals surface area (Å²) in [5.74, 6) is 0.186. The predicted molar refractivity (Wildman–Crippen MR) is 136 cm³/mol. The summed E-state index contributed by atoms with van der Waals surface area (Å²) < 4.78 is 21.0. The van der Waals surface area contributed by atoms with E-state index in [0.29, 0.717) is 49.5 Å². The summed E-state index contributed by atoms with van der Waals surface area (Å²) in [5.41, 5.74) is 3.72. The van der Waals surface area contributed by atoms with Crippen LogP contribution >= 0.6 is 0 Å². The van der Waals surface area contributed by atoms with Gasteiger partial charge in [-0.2, -0.15) is 0 Å². The van der Waals surface area contributed by atoms with Gasteiger partial charge in [0.15, 0.2) is 0 Å². The topological polar surface area (TPSA) is 61.9 Å². The van der Waals surface area contributed by atoms with Gasteiger partial charge >= 0.3 is 0 Å². The quantitative estimate of drug-likeness (QED) is 0.574. The Kier molecular flexibility index (Phi) is 8.67. The van der Waals surface area contributed by atoms with E-state index in [1.54, 1.807) is 20.0 Å². The van der Waals surface area contributed by atoms with Crippen LogP contribution in [-0.4, -0.2) is 60.9 Å². The summed E-state index contributed by atoms with van der Waals surface area (Å²) in [4.78, 5) is 28.6. The predicted octanol–water partition coefficient (Wildman–Crippen LogP) is 4.20. The second-order valence-electron chi connectivity index (χ2n) is 9.17. The van der Waals surface area contributed by atoms with Gasteiger partial charge in [-0.1, -0.05) is 25.6 Å². The molecular weight excluding hydrogens is 445 g/mol. The van der Waals surface area contributed by atoms with Gasteiger partial charge < -0.3 is 15.0 Å². The monoisotopic (exact) mass is 481 g/mol. The van der Waals surface area contributed by atoms with Gasteiger partial charge in [0.1, 0.15) is 17.7 Å². The molecule has 0 unspecified atom stereocenters. The zero-order valence-electron chi connectivity index (χ0n) is 21.4.